The molecular formula is C28H23F4NO4S. The van der Waals surface area contributed by atoms with E-state index in [1.807, 2.05) is 0 Å². The number of halogens is 4. The van der Waals surface area contributed by atoms with E-state index < -0.39 is 17.5 Å². The van der Waals surface area contributed by atoms with Crippen LogP contribution in [0.3, 0.4) is 0 Å². The number of rotatable bonds is 9. The molecule has 1 aliphatic heterocycles. The molecule has 1 aliphatic rings. The van der Waals surface area contributed by atoms with Crippen molar-refractivity contribution >= 4 is 27.2 Å². The lowest BCUT2D eigenvalue weighted by Gasteiger charge is -2.37. The van der Waals surface area contributed by atoms with Crippen molar-refractivity contribution in [2.24, 2.45) is 5.92 Å². The van der Waals surface area contributed by atoms with E-state index in [1.165, 1.54) is 12.1 Å². The molecule has 5 rings (SSSR count). The van der Waals surface area contributed by atoms with E-state index in [-0.39, 0.29) is 34.5 Å². The molecule has 0 aliphatic carbocycles. The first-order chi connectivity index (χ1) is 18.2. The van der Waals surface area contributed by atoms with Gasteiger partial charge in [-0.1, -0.05) is 12.1 Å². The van der Waals surface area contributed by atoms with Crippen molar-refractivity contribution in [3.8, 4) is 23.0 Å². The fourth-order valence-electron chi connectivity index (χ4n) is 4.23. The Kier molecular flexibility index (Phi) is 7.27. The van der Waals surface area contributed by atoms with Gasteiger partial charge >= 0.3 is 6.18 Å². The van der Waals surface area contributed by atoms with Gasteiger partial charge in [0.25, 0.3) is 0 Å². The highest BCUT2D eigenvalue weighted by Gasteiger charge is 2.31. The molecule has 0 radical (unpaired) electrons. The Balaban J connectivity index is 1.34. The summed E-state index contributed by atoms with van der Waals surface area (Å²) in [6.07, 6.45) is -4.51. The maximum absolute atomic E-state index is 13.3. The number of phenols is 1. The smallest absolute Gasteiger partial charge is 0.416 e. The largest absolute Gasteiger partial charge is 0.508 e. The van der Waals surface area contributed by atoms with Crippen LogP contribution in [0.5, 0.6) is 23.0 Å². The van der Waals surface area contributed by atoms with Crippen molar-refractivity contribution in [3.05, 3.63) is 82.7 Å². The maximum Gasteiger partial charge on any atom is 0.416 e. The SMILES string of the molecule is O=C(c1ccc(C(F)(F)F)cc1)c1sc2cc(O)ccc2c1Oc1ccc(OCCN2CC(CF)C2)cc1. The number of likely N-dealkylation sites (tertiary alicyclic amines) is 1. The van der Waals surface area contributed by atoms with Gasteiger partial charge in [-0.15, -0.1) is 11.3 Å². The number of ether oxygens (including phenoxy) is 2. The first kappa shape index (κ1) is 26.0. The number of alkyl halides is 4. The molecule has 0 bridgehead atoms. The lowest BCUT2D eigenvalue weighted by Crippen LogP contribution is -2.49. The average Bonchev–Trinajstić information content (AvgIpc) is 3.22. The fourth-order valence-corrected chi connectivity index (χ4v) is 5.35. The second-order valence-electron chi connectivity index (χ2n) is 9.05. The zero-order valence-electron chi connectivity index (χ0n) is 20.0. The van der Waals surface area contributed by atoms with Crippen LogP contribution >= 0.6 is 11.3 Å². The Hall–Kier alpha value is -3.63. The van der Waals surface area contributed by atoms with E-state index in [1.54, 1.807) is 30.3 Å². The van der Waals surface area contributed by atoms with E-state index in [9.17, 15) is 27.5 Å². The molecule has 1 aromatic heterocycles. The number of carbonyl (C=O) groups is 1. The van der Waals surface area contributed by atoms with Crippen molar-refractivity contribution in [3.63, 3.8) is 0 Å². The van der Waals surface area contributed by atoms with Crippen molar-refractivity contribution in [2.75, 3.05) is 32.9 Å². The quantitative estimate of drug-likeness (QED) is 0.183. The van der Waals surface area contributed by atoms with E-state index in [0.29, 0.717) is 34.7 Å². The van der Waals surface area contributed by atoms with Gasteiger partial charge in [0.05, 0.1) is 12.2 Å². The molecule has 2 heterocycles. The third-order valence-electron chi connectivity index (χ3n) is 6.28. The average molecular weight is 546 g/mol. The molecule has 3 aromatic carbocycles. The third kappa shape index (κ3) is 5.61. The van der Waals surface area contributed by atoms with Crippen LogP contribution in [-0.4, -0.2) is 48.7 Å². The first-order valence-corrected chi connectivity index (χ1v) is 12.7. The molecule has 198 valence electrons. The lowest BCUT2D eigenvalue weighted by atomic mass is 10.0. The number of hydrogen-bond donors (Lipinski definition) is 1. The van der Waals surface area contributed by atoms with Gasteiger partial charge in [-0.2, -0.15) is 13.2 Å². The Morgan fingerprint density at radius 1 is 1.00 bits per heavy atom. The Labute approximate surface area is 219 Å². The van der Waals surface area contributed by atoms with Gasteiger partial charge in [-0.25, -0.2) is 0 Å². The van der Waals surface area contributed by atoms with Crippen LogP contribution in [0.15, 0.2) is 66.7 Å². The Morgan fingerprint density at radius 2 is 1.68 bits per heavy atom. The third-order valence-corrected chi connectivity index (χ3v) is 7.41. The molecular weight excluding hydrogens is 522 g/mol. The van der Waals surface area contributed by atoms with Gasteiger partial charge in [0.2, 0.25) is 5.78 Å². The zero-order valence-corrected chi connectivity index (χ0v) is 20.8. The molecule has 0 amide bonds. The molecule has 1 fully saturated rings. The second-order valence-corrected chi connectivity index (χ2v) is 10.1. The highest BCUT2D eigenvalue weighted by atomic mass is 32.1. The summed E-state index contributed by atoms with van der Waals surface area (Å²) in [5, 5.41) is 10.5. The highest BCUT2D eigenvalue weighted by molar-refractivity contribution is 7.21. The van der Waals surface area contributed by atoms with Gasteiger partial charge in [0.15, 0.2) is 5.75 Å². The molecule has 1 N–H and O–H groups in total. The number of hydrogen-bond acceptors (Lipinski definition) is 6. The van der Waals surface area contributed by atoms with Crippen LogP contribution in [-0.2, 0) is 6.18 Å². The Morgan fingerprint density at radius 3 is 2.34 bits per heavy atom. The lowest BCUT2D eigenvalue weighted by molar-refractivity contribution is -0.137. The molecule has 0 unspecified atom stereocenters. The summed E-state index contributed by atoms with van der Waals surface area (Å²) in [5.74, 6) is 0.957. The molecule has 0 spiro atoms. The van der Waals surface area contributed by atoms with Crippen molar-refractivity contribution in [1.29, 1.82) is 0 Å². The summed E-state index contributed by atoms with van der Waals surface area (Å²) < 4.78 is 63.9. The summed E-state index contributed by atoms with van der Waals surface area (Å²) >= 11 is 1.09. The van der Waals surface area contributed by atoms with Crippen LogP contribution in [0, 0.1) is 5.92 Å². The standard InChI is InChI=1S/C28H23F4NO4S/c29-14-17-15-33(16-17)11-12-36-21-6-8-22(9-7-21)37-26-23-10-5-20(34)13-24(23)38-27(26)25(35)18-1-3-19(4-2-18)28(30,31)32/h1-10,13,17,34H,11-12,14-16H2. The number of nitrogens with zero attached hydrogens (tertiary/aromatic N) is 1. The minimum atomic E-state index is -4.51. The molecule has 1 saturated heterocycles. The van der Waals surface area contributed by atoms with Crippen LogP contribution in [0.4, 0.5) is 17.6 Å². The molecule has 5 nitrogen and oxygen atoms in total. The predicted molar refractivity (Wildman–Crippen MR) is 136 cm³/mol. The van der Waals surface area contributed by atoms with Gasteiger partial charge in [0.1, 0.15) is 28.7 Å². The van der Waals surface area contributed by atoms with Gasteiger partial charge < -0.3 is 14.6 Å². The van der Waals surface area contributed by atoms with Crippen LogP contribution in [0.2, 0.25) is 0 Å². The summed E-state index contributed by atoms with van der Waals surface area (Å²) in [7, 11) is 0. The van der Waals surface area contributed by atoms with Gasteiger partial charge in [-0.05, 0) is 54.6 Å². The summed E-state index contributed by atoms with van der Waals surface area (Å²) in [6.45, 7) is 2.36. The van der Waals surface area contributed by atoms with Crippen molar-refractivity contribution in [2.45, 2.75) is 6.18 Å². The number of ketones is 1. The van der Waals surface area contributed by atoms with Gasteiger partial charge in [0, 0.05) is 41.2 Å². The minimum absolute atomic E-state index is 0.0128. The number of thiophene rings is 1. The molecule has 38 heavy (non-hydrogen) atoms. The van der Waals surface area contributed by atoms with E-state index in [2.05, 4.69) is 4.90 Å². The van der Waals surface area contributed by atoms with E-state index in [0.717, 1.165) is 48.7 Å². The van der Waals surface area contributed by atoms with Crippen LogP contribution < -0.4 is 9.47 Å². The number of aromatic hydroxyl groups is 1. The second kappa shape index (κ2) is 10.6. The normalized spacial score (nSPS) is 14.4. The monoisotopic (exact) mass is 545 g/mol. The maximum atomic E-state index is 13.3. The number of phenolic OH excluding ortho intramolecular Hbond substituents is 1. The molecule has 0 saturated carbocycles. The number of fused-ring (bicyclic) bond motifs is 1. The fraction of sp³-hybridized carbons (Fsp3) is 0.250. The highest BCUT2D eigenvalue weighted by Crippen LogP contribution is 2.43. The number of benzene rings is 3. The zero-order chi connectivity index (χ0) is 26.9. The molecule has 4 aromatic rings. The van der Waals surface area contributed by atoms with Crippen LogP contribution in [0.1, 0.15) is 20.8 Å². The van der Waals surface area contributed by atoms with E-state index >= 15 is 0 Å². The summed E-state index contributed by atoms with van der Waals surface area (Å²) in [5.41, 5.74) is -0.759. The topological polar surface area (TPSA) is 59.0 Å². The van der Waals surface area contributed by atoms with Crippen LogP contribution in [0.25, 0.3) is 10.1 Å². The number of carbonyl (C=O) groups excluding carboxylic acids is 1. The predicted octanol–water partition coefficient (Wildman–Crippen LogP) is 6.93. The molecule has 10 heteroatoms. The minimum Gasteiger partial charge on any atom is -0.508 e. The molecule has 0 atom stereocenters. The van der Waals surface area contributed by atoms with Crippen molar-refractivity contribution < 1.29 is 36.9 Å². The van der Waals surface area contributed by atoms with Gasteiger partial charge in [-0.3, -0.25) is 14.1 Å². The summed E-state index contributed by atoms with van der Waals surface area (Å²) in [4.78, 5) is 15.6. The van der Waals surface area contributed by atoms with Crippen molar-refractivity contribution in [1.82, 2.24) is 4.90 Å². The Bertz CT molecular complexity index is 1430. The summed E-state index contributed by atoms with van der Waals surface area (Å²) in [6, 6.07) is 15.5. The van der Waals surface area contributed by atoms with E-state index in [4.69, 9.17) is 9.47 Å². The first-order valence-electron chi connectivity index (χ1n) is 11.9.